The van der Waals surface area contributed by atoms with Crippen molar-refractivity contribution in [2.24, 2.45) is 5.41 Å². The van der Waals surface area contributed by atoms with Crippen LogP contribution >= 0.6 is 11.6 Å². The number of esters is 1. The quantitative estimate of drug-likeness (QED) is 0.129. The number of fused-ring (bicyclic) bond motifs is 1. The Hall–Kier alpha value is -5.40. The van der Waals surface area contributed by atoms with Gasteiger partial charge in [-0.25, -0.2) is 32.7 Å². The molecule has 14 heteroatoms. The first-order chi connectivity index (χ1) is 24.9. The molecule has 3 aromatic carbocycles. The van der Waals surface area contributed by atoms with Crippen molar-refractivity contribution in [3.05, 3.63) is 134 Å². The van der Waals surface area contributed by atoms with Gasteiger partial charge in [-0.15, -0.1) is 0 Å². The third-order valence-electron chi connectivity index (χ3n) is 9.01. The molecule has 0 aliphatic carbocycles. The van der Waals surface area contributed by atoms with E-state index in [1.54, 1.807) is 24.3 Å². The maximum absolute atomic E-state index is 15.9. The van der Waals surface area contributed by atoms with E-state index in [1.165, 1.54) is 37.3 Å². The minimum atomic E-state index is -0.894. The van der Waals surface area contributed by atoms with Crippen LogP contribution in [0.3, 0.4) is 0 Å². The maximum Gasteiger partial charge on any atom is 0.519 e. The van der Waals surface area contributed by atoms with Crippen molar-refractivity contribution in [2.75, 3.05) is 13.2 Å². The summed E-state index contributed by atoms with van der Waals surface area (Å²) in [5, 5.41) is 0.249. The van der Waals surface area contributed by atoms with Gasteiger partial charge in [-0.1, -0.05) is 37.6 Å². The Morgan fingerprint density at radius 1 is 0.962 bits per heavy atom. The molecule has 1 aliphatic rings. The molecule has 7 rings (SSSR count). The highest BCUT2D eigenvalue weighted by molar-refractivity contribution is 6.30. The molecule has 4 heterocycles. The fraction of sp³-hybridized carbons (Fsp3) is 0.263. The number of halogens is 4. The van der Waals surface area contributed by atoms with Gasteiger partial charge in [-0.3, -0.25) is 0 Å². The molecule has 268 valence electrons. The topological polar surface area (TPSA) is 119 Å². The highest BCUT2D eigenvalue weighted by atomic mass is 35.5. The number of aromatic nitrogens is 3. The highest BCUT2D eigenvalue weighted by Crippen LogP contribution is 2.41. The predicted molar refractivity (Wildman–Crippen MR) is 183 cm³/mol. The number of aryl methyl sites for hydroxylation is 1. The van der Waals surface area contributed by atoms with Crippen LogP contribution in [0.2, 0.25) is 5.02 Å². The van der Waals surface area contributed by atoms with Gasteiger partial charge >= 0.3 is 11.8 Å². The van der Waals surface area contributed by atoms with E-state index in [-0.39, 0.29) is 81.5 Å². The molecule has 10 nitrogen and oxygen atoms in total. The second kappa shape index (κ2) is 14.0. The summed E-state index contributed by atoms with van der Waals surface area (Å²) in [6.07, 6.45) is -0.0773. The Labute approximate surface area is 299 Å². The summed E-state index contributed by atoms with van der Waals surface area (Å²) in [7, 11) is 0. The molecule has 0 spiro atoms. The number of carbonyl (C=O) groups is 1. The van der Waals surface area contributed by atoms with E-state index in [9.17, 15) is 14.0 Å². The van der Waals surface area contributed by atoms with Crippen molar-refractivity contribution in [1.29, 1.82) is 0 Å². The first-order valence-corrected chi connectivity index (χ1v) is 16.6. The Balaban J connectivity index is 1.17. The molecule has 1 atom stereocenters. The van der Waals surface area contributed by atoms with Crippen molar-refractivity contribution in [1.82, 2.24) is 14.5 Å². The molecule has 0 amide bonds. The minimum Gasteiger partial charge on any atom is -0.473 e. The summed E-state index contributed by atoms with van der Waals surface area (Å²) >= 11 is 5.82. The molecule has 52 heavy (non-hydrogen) atoms. The Morgan fingerprint density at radius 3 is 2.50 bits per heavy atom. The van der Waals surface area contributed by atoms with E-state index in [1.807, 2.05) is 18.4 Å². The van der Waals surface area contributed by atoms with Gasteiger partial charge in [0.05, 0.1) is 41.5 Å². The molecule has 1 fully saturated rings. The summed E-state index contributed by atoms with van der Waals surface area (Å²) in [5.41, 5.74) is 1.30. The van der Waals surface area contributed by atoms with Gasteiger partial charge in [0.25, 0.3) is 0 Å². The predicted octanol–water partition coefficient (Wildman–Crippen LogP) is 8.15. The summed E-state index contributed by atoms with van der Waals surface area (Å²) in [6, 6.07) is 15.6. The van der Waals surface area contributed by atoms with Crippen LogP contribution in [0.4, 0.5) is 13.2 Å². The summed E-state index contributed by atoms with van der Waals surface area (Å²) < 4.78 is 74.3. The number of hydrogen-bond acceptors (Lipinski definition) is 9. The van der Waals surface area contributed by atoms with E-state index < -0.39 is 29.2 Å². The van der Waals surface area contributed by atoms with Crippen LogP contribution in [0.1, 0.15) is 58.7 Å². The zero-order valence-electron chi connectivity index (χ0n) is 28.2. The second-order valence-corrected chi connectivity index (χ2v) is 13.6. The number of ether oxygens (including phenoxy) is 3. The van der Waals surface area contributed by atoms with E-state index in [2.05, 4.69) is 4.98 Å². The lowest BCUT2D eigenvalue weighted by Crippen LogP contribution is -2.27. The number of rotatable bonds is 10. The molecular weight excluding hydrogens is 703 g/mol. The van der Waals surface area contributed by atoms with Crippen LogP contribution in [0.25, 0.3) is 22.3 Å². The second-order valence-electron chi connectivity index (χ2n) is 13.1. The Morgan fingerprint density at radius 2 is 1.77 bits per heavy atom. The van der Waals surface area contributed by atoms with E-state index in [4.69, 9.17) is 39.6 Å². The van der Waals surface area contributed by atoms with Crippen LogP contribution in [-0.2, 0) is 29.1 Å². The maximum atomic E-state index is 15.9. The summed E-state index contributed by atoms with van der Waals surface area (Å²) in [6.45, 7) is 5.93. The number of imidazole rings is 1. The first-order valence-electron chi connectivity index (χ1n) is 16.2. The molecule has 0 saturated carbocycles. The number of hydrogen-bond donors (Lipinski definition) is 0. The van der Waals surface area contributed by atoms with Gasteiger partial charge in [-0.2, -0.15) is 0 Å². The molecule has 0 bridgehead atoms. The Bertz CT molecular complexity index is 2390. The first kappa shape index (κ1) is 35.0. The van der Waals surface area contributed by atoms with E-state index >= 15 is 8.78 Å². The van der Waals surface area contributed by atoms with Crippen molar-refractivity contribution in [3.8, 4) is 17.1 Å². The van der Waals surface area contributed by atoms with Gasteiger partial charge in [0, 0.05) is 34.1 Å². The lowest BCUT2D eigenvalue weighted by molar-refractivity contribution is 0.0443. The number of pyridine rings is 1. The van der Waals surface area contributed by atoms with Crippen molar-refractivity contribution in [2.45, 2.75) is 46.4 Å². The minimum absolute atomic E-state index is 0.0525. The number of nitrogens with zero attached hydrogens (tertiary/aromatic N) is 3. The van der Waals surface area contributed by atoms with Crippen LogP contribution in [-0.4, -0.2) is 33.7 Å². The standard InChI is InChI=1S/C38H31ClF3N3O7/c1-20-32(52-37(47)51-20)17-50-36(46)21-8-10-30-31(12-21)45(33-18-48-19-38(33,2)3)34(43-30)13-23-11-28(42)25(15-27(23)41)29-5-4-6-35(44-29)49-16-22-7-9-24(39)14-26(22)40/h4-12,14-15,33H,13,16-19H2,1-3H3/t33-/m1/s1. The molecule has 0 unspecified atom stereocenters. The SMILES string of the molecule is Cc1oc(=O)oc1COC(=O)c1ccc2nc(Cc3cc(F)c(-c4cccc(OCc5ccc(Cl)cc5F)n4)cc3F)n([C@@H]3COCC3(C)C)c2c1. The van der Waals surface area contributed by atoms with Crippen LogP contribution in [0.15, 0.2) is 80.4 Å². The largest absolute Gasteiger partial charge is 0.519 e. The molecule has 6 aromatic rings. The molecule has 1 saturated heterocycles. The normalized spacial score (nSPS) is 15.3. The molecule has 0 N–H and O–H groups in total. The molecule has 0 radical (unpaired) electrons. The van der Waals surface area contributed by atoms with Crippen molar-refractivity contribution in [3.63, 3.8) is 0 Å². The highest BCUT2D eigenvalue weighted by Gasteiger charge is 2.39. The summed E-state index contributed by atoms with van der Waals surface area (Å²) in [5.74, 6) is -2.67. The molecular formula is C38H31ClF3N3O7. The van der Waals surface area contributed by atoms with Crippen molar-refractivity contribution >= 4 is 28.6 Å². The monoisotopic (exact) mass is 733 g/mol. The lowest BCUT2D eigenvalue weighted by Gasteiger charge is -2.28. The zero-order chi connectivity index (χ0) is 36.7. The third kappa shape index (κ3) is 7.06. The average Bonchev–Trinajstić information content (AvgIpc) is 3.75. The number of benzene rings is 3. The van der Waals surface area contributed by atoms with Gasteiger partial charge in [0.2, 0.25) is 5.88 Å². The van der Waals surface area contributed by atoms with Crippen LogP contribution < -0.4 is 10.6 Å². The summed E-state index contributed by atoms with van der Waals surface area (Å²) in [4.78, 5) is 33.5. The van der Waals surface area contributed by atoms with Gasteiger partial charge in [-0.05, 0) is 61.0 Å². The third-order valence-corrected chi connectivity index (χ3v) is 9.24. The fourth-order valence-electron chi connectivity index (χ4n) is 6.17. The molecule has 1 aliphatic heterocycles. The van der Waals surface area contributed by atoms with Gasteiger partial charge < -0.3 is 27.6 Å². The smallest absolute Gasteiger partial charge is 0.473 e. The van der Waals surface area contributed by atoms with Gasteiger partial charge in [0.1, 0.15) is 29.9 Å². The lowest BCUT2D eigenvalue weighted by atomic mass is 9.87. The van der Waals surface area contributed by atoms with Crippen LogP contribution in [0.5, 0.6) is 5.88 Å². The van der Waals surface area contributed by atoms with E-state index in [0.29, 0.717) is 30.1 Å². The fourth-order valence-corrected chi connectivity index (χ4v) is 6.33. The zero-order valence-corrected chi connectivity index (χ0v) is 28.9. The average molecular weight is 734 g/mol. The Kier molecular flexibility index (Phi) is 9.40. The van der Waals surface area contributed by atoms with Crippen LogP contribution in [0, 0.1) is 29.8 Å². The van der Waals surface area contributed by atoms with Gasteiger partial charge in [0.15, 0.2) is 18.1 Å². The van der Waals surface area contributed by atoms with E-state index in [0.717, 1.165) is 12.1 Å². The molecule has 3 aromatic heterocycles. The number of carbonyl (C=O) groups excluding carboxylic acids is 1. The van der Waals surface area contributed by atoms with Crippen molar-refractivity contribution < 1.29 is 41.0 Å².